The zero-order valence-corrected chi connectivity index (χ0v) is 13.0. The second-order valence-corrected chi connectivity index (χ2v) is 5.30. The van der Waals surface area contributed by atoms with Crippen LogP contribution in [0.5, 0.6) is 5.75 Å². The van der Waals surface area contributed by atoms with E-state index < -0.39 is 0 Å². The molecule has 2 aromatic heterocycles. The van der Waals surface area contributed by atoms with Crippen LogP contribution in [0.3, 0.4) is 0 Å². The lowest BCUT2D eigenvalue weighted by Crippen LogP contribution is -1.92. The van der Waals surface area contributed by atoms with Gasteiger partial charge in [-0.3, -0.25) is 0 Å². The average Bonchev–Trinajstić information content (AvgIpc) is 3.07. The van der Waals surface area contributed by atoms with E-state index in [1.54, 1.807) is 13.4 Å². The zero-order chi connectivity index (χ0) is 15.8. The normalized spacial score (nSPS) is 11.2. The number of aromatic nitrogens is 3. The first-order chi connectivity index (χ1) is 11.3. The van der Waals surface area contributed by atoms with Crippen LogP contribution in [-0.4, -0.2) is 22.1 Å². The Kier molecular flexibility index (Phi) is 3.35. The molecular formula is C17H12ClN3O2. The summed E-state index contributed by atoms with van der Waals surface area (Å²) in [5, 5.41) is 0. The van der Waals surface area contributed by atoms with Crippen LogP contribution in [-0.2, 0) is 5.88 Å². The maximum atomic E-state index is 5.79. The fourth-order valence-corrected chi connectivity index (χ4v) is 2.59. The molecule has 0 fully saturated rings. The van der Waals surface area contributed by atoms with Crippen molar-refractivity contribution < 1.29 is 9.15 Å². The molecule has 0 aliphatic carbocycles. The molecule has 5 nitrogen and oxygen atoms in total. The third kappa shape index (κ3) is 2.39. The molecule has 2 aromatic carbocycles. The Hall–Kier alpha value is -2.66. The van der Waals surface area contributed by atoms with E-state index in [-0.39, 0.29) is 0 Å². The number of alkyl halides is 1. The lowest BCUT2D eigenvalue weighted by molar-refractivity contribution is 0.415. The van der Waals surface area contributed by atoms with Crippen LogP contribution in [0.15, 0.2) is 47.1 Å². The van der Waals surface area contributed by atoms with E-state index in [2.05, 4.69) is 9.97 Å². The highest BCUT2D eigenvalue weighted by Crippen LogP contribution is 2.28. The molecule has 6 heteroatoms. The van der Waals surface area contributed by atoms with Gasteiger partial charge in [-0.05, 0) is 24.3 Å². The van der Waals surface area contributed by atoms with Gasteiger partial charge in [-0.2, -0.15) is 0 Å². The summed E-state index contributed by atoms with van der Waals surface area (Å²) in [6.45, 7) is 0. The quantitative estimate of drug-likeness (QED) is 0.417. The van der Waals surface area contributed by atoms with Gasteiger partial charge in [-0.25, -0.2) is 15.0 Å². The number of rotatable bonds is 3. The molecule has 0 spiro atoms. The monoisotopic (exact) mass is 325 g/mol. The van der Waals surface area contributed by atoms with Crippen LogP contribution in [0.2, 0.25) is 0 Å². The summed E-state index contributed by atoms with van der Waals surface area (Å²) in [7, 11) is 1.63. The van der Waals surface area contributed by atoms with Crippen LogP contribution in [0.4, 0.5) is 0 Å². The SMILES string of the molecule is COc1ccc2nc3c(-c4nc(CCl)co4)cccc3nc2c1. The molecule has 0 amide bonds. The number of halogens is 1. The number of methoxy groups -OCH3 is 1. The smallest absolute Gasteiger partial charge is 0.228 e. The number of para-hydroxylation sites is 1. The topological polar surface area (TPSA) is 61.0 Å². The Bertz CT molecular complexity index is 1010. The second-order valence-electron chi connectivity index (χ2n) is 5.03. The molecule has 0 N–H and O–H groups in total. The van der Waals surface area contributed by atoms with Crippen molar-refractivity contribution >= 4 is 33.7 Å². The van der Waals surface area contributed by atoms with Gasteiger partial charge in [-0.15, -0.1) is 11.6 Å². The van der Waals surface area contributed by atoms with E-state index in [0.717, 1.165) is 33.4 Å². The highest BCUT2D eigenvalue weighted by molar-refractivity contribution is 6.16. The predicted molar refractivity (Wildman–Crippen MR) is 88.7 cm³/mol. The lowest BCUT2D eigenvalue weighted by Gasteiger charge is -2.05. The minimum absolute atomic E-state index is 0.308. The van der Waals surface area contributed by atoms with Crippen LogP contribution in [0.25, 0.3) is 33.5 Å². The van der Waals surface area contributed by atoms with Gasteiger partial charge in [0, 0.05) is 6.07 Å². The van der Waals surface area contributed by atoms with Crippen molar-refractivity contribution in [3.63, 3.8) is 0 Å². The number of hydrogen-bond donors (Lipinski definition) is 0. The molecule has 2 heterocycles. The van der Waals surface area contributed by atoms with Crippen molar-refractivity contribution in [3.05, 3.63) is 48.4 Å². The molecule has 4 rings (SSSR count). The van der Waals surface area contributed by atoms with Crippen molar-refractivity contribution in [3.8, 4) is 17.2 Å². The van der Waals surface area contributed by atoms with E-state index in [0.29, 0.717) is 17.5 Å². The third-order valence-corrected chi connectivity index (χ3v) is 3.86. The molecule has 114 valence electrons. The highest BCUT2D eigenvalue weighted by Gasteiger charge is 2.13. The van der Waals surface area contributed by atoms with Crippen LogP contribution in [0.1, 0.15) is 5.69 Å². The minimum atomic E-state index is 0.308. The van der Waals surface area contributed by atoms with Gasteiger partial charge in [-0.1, -0.05) is 6.07 Å². The van der Waals surface area contributed by atoms with E-state index in [9.17, 15) is 0 Å². The summed E-state index contributed by atoms with van der Waals surface area (Å²) in [4.78, 5) is 13.7. The van der Waals surface area contributed by atoms with Crippen LogP contribution >= 0.6 is 11.6 Å². The Morgan fingerprint density at radius 2 is 1.96 bits per heavy atom. The molecule has 0 aliphatic rings. The molecule has 23 heavy (non-hydrogen) atoms. The largest absolute Gasteiger partial charge is 0.497 e. The van der Waals surface area contributed by atoms with Crippen molar-refractivity contribution in [2.45, 2.75) is 5.88 Å². The minimum Gasteiger partial charge on any atom is -0.497 e. The summed E-state index contributed by atoms with van der Waals surface area (Å²) < 4.78 is 10.8. The number of hydrogen-bond acceptors (Lipinski definition) is 5. The maximum Gasteiger partial charge on any atom is 0.228 e. The standard InChI is InChI=1S/C17H12ClN3O2/c1-22-11-5-6-13-15(7-11)20-14-4-2-3-12(16(14)21-13)17-19-10(8-18)9-23-17/h2-7,9H,8H2,1H3. The highest BCUT2D eigenvalue weighted by atomic mass is 35.5. The molecule has 0 saturated heterocycles. The Morgan fingerprint density at radius 3 is 2.74 bits per heavy atom. The van der Waals surface area contributed by atoms with Gasteiger partial charge in [0.05, 0.1) is 40.8 Å². The van der Waals surface area contributed by atoms with Crippen molar-refractivity contribution in [1.82, 2.24) is 15.0 Å². The molecular weight excluding hydrogens is 314 g/mol. The van der Waals surface area contributed by atoms with E-state index in [1.807, 2.05) is 36.4 Å². The number of nitrogens with zero attached hydrogens (tertiary/aromatic N) is 3. The Balaban J connectivity index is 1.97. The Morgan fingerprint density at radius 1 is 1.04 bits per heavy atom. The predicted octanol–water partition coefficient (Wildman–Crippen LogP) is 4.19. The third-order valence-electron chi connectivity index (χ3n) is 3.59. The zero-order valence-electron chi connectivity index (χ0n) is 12.3. The van der Waals surface area contributed by atoms with Gasteiger partial charge < -0.3 is 9.15 Å². The fourth-order valence-electron chi connectivity index (χ4n) is 2.47. The summed E-state index contributed by atoms with van der Waals surface area (Å²) in [5.74, 6) is 1.55. The summed E-state index contributed by atoms with van der Waals surface area (Å²) in [6.07, 6.45) is 1.56. The average molecular weight is 326 g/mol. The van der Waals surface area contributed by atoms with Crippen molar-refractivity contribution in [2.75, 3.05) is 7.11 Å². The molecule has 0 unspecified atom stereocenters. The van der Waals surface area contributed by atoms with Crippen LogP contribution < -0.4 is 4.74 Å². The molecule has 0 bridgehead atoms. The molecule has 4 aromatic rings. The van der Waals surface area contributed by atoms with Gasteiger partial charge in [0.1, 0.15) is 17.5 Å². The van der Waals surface area contributed by atoms with Crippen LogP contribution in [0, 0.1) is 0 Å². The van der Waals surface area contributed by atoms with Crippen molar-refractivity contribution in [1.29, 1.82) is 0 Å². The van der Waals surface area contributed by atoms with Gasteiger partial charge in [0.15, 0.2) is 0 Å². The fraction of sp³-hybridized carbons (Fsp3) is 0.118. The molecule has 0 aliphatic heterocycles. The molecule has 0 atom stereocenters. The summed E-state index contributed by atoms with van der Waals surface area (Å²) in [5.41, 5.74) is 4.57. The van der Waals surface area contributed by atoms with E-state index >= 15 is 0 Å². The Labute approximate surface area is 136 Å². The van der Waals surface area contributed by atoms with E-state index in [1.165, 1.54) is 0 Å². The first-order valence-corrected chi connectivity index (χ1v) is 7.57. The molecule has 0 radical (unpaired) electrons. The maximum absolute atomic E-state index is 5.79. The lowest BCUT2D eigenvalue weighted by atomic mass is 10.1. The number of ether oxygens (including phenoxy) is 1. The first-order valence-electron chi connectivity index (χ1n) is 7.04. The molecule has 0 saturated carbocycles. The first kappa shape index (κ1) is 14.0. The summed E-state index contributed by atoms with van der Waals surface area (Å²) >= 11 is 5.79. The summed E-state index contributed by atoms with van der Waals surface area (Å²) in [6, 6.07) is 11.3. The van der Waals surface area contributed by atoms with E-state index in [4.69, 9.17) is 25.7 Å². The van der Waals surface area contributed by atoms with Gasteiger partial charge in [0.25, 0.3) is 0 Å². The van der Waals surface area contributed by atoms with Gasteiger partial charge >= 0.3 is 0 Å². The van der Waals surface area contributed by atoms with Crippen molar-refractivity contribution in [2.24, 2.45) is 0 Å². The number of fused-ring (bicyclic) bond motifs is 2. The second kappa shape index (κ2) is 5.52. The number of benzene rings is 2. The van der Waals surface area contributed by atoms with Gasteiger partial charge in [0.2, 0.25) is 5.89 Å². The number of oxazole rings is 1.